The summed E-state index contributed by atoms with van der Waals surface area (Å²) in [6, 6.07) is 7.87. The second kappa shape index (κ2) is 8.68. The minimum absolute atomic E-state index is 0.146. The number of hydrogen-bond donors (Lipinski definition) is 1. The summed E-state index contributed by atoms with van der Waals surface area (Å²) in [6.07, 6.45) is -2.46. The van der Waals surface area contributed by atoms with Crippen LogP contribution in [-0.4, -0.2) is 18.5 Å². The molecule has 0 aliphatic heterocycles. The van der Waals surface area contributed by atoms with E-state index in [1.54, 1.807) is 0 Å². The van der Waals surface area contributed by atoms with Crippen molar-refractivity contribution in [2.24, 2.45) is 0 Å². The largest absolute Gasteiger partial charge is 0.452 e. The molecule has 1 amide bonds. The molecule has 0 saturated carbocycles. The molecule has 0 radical (unpaired) electrons. The smallest absolute Gasteiger partial charge is 0.416 e. The van der Waals surface area contributed by atoms with Crippen molar-refractivity contribution in [3.05, 3.63) is 70.5 Å². The van der Waals surface area contributed by atoms with E-state index in [1.165, 1.54) is 24.3 Å². The van der Waals surface area contributed by atoms with Gasteiger partial charge < -0.3 is 10.1 Å². The van der Waals surface area contributed by atoms with Crippen molar-refractivity contribution in [3.8, 4) is 0 Å². The number of amides is 1. The second-order valence-corrected chi connectivity index (χ2v) is 5.65. The van der Waals surface area contributed by atoms with Crippen molar-refractivity contribution >= 4 is 35.2 Å². The van der Waals surface area contributed by atoms with Gasteiger partial charge in [-0.1, -0.05) is 23.7 Å². The van der Waals surface area contributed by atoms with Gasteiger partial charge in [-0.3, -0.25) is 4.79 Å². The Morgan fingerprint density at radius 3 is 2.56 bits per heavy atom. The summed E-state index contributed by atoms with van der Waals surface area (Å²) in [5.41, 5.74) is -0.496. The maximum absolute atomic E-state index is 13.0. The van der Waals surface area contributed by atoms with Crippen molar-refractivity contribution in [2.75, 3.05) is 11.9 Å². The number of alkyl halides is 3. The SMILES string of the molecule is O=C(COC(=O)/C=C/c1cccc(C(F)(F)F)c1)Nc1ccc(F)c(Cl)c1. The standard InChI is InChI=1S/C18H12ClF4NO3/c19-14-9-13(5-6-15(14)20)24-16(25)10-27-17(26)7-4-11-2-1-3-12(8-11)18(21,22)23/h1-9H,10H2,(H,24,25)/b7-4+. The molecule has 0 fully saturated rings. The molecule has 27 heavy (non-hydrogen) atoms. The Kier molecular flexibility index (Phi) is 6.57. The van der Waals surface area contributed by atoms with Crippen LogP contribution >= 0.6 is 11.6 Å². The molecule has 0 spiro atoms. The summed E-state index contributed by atoms with van der Waals surface area (Å²) in [5.74, 6) is -2.26. The molecule has 0 unspecified atom stereocenters. The highest BCUT2D eigenvalue weighted by Gasteiger charge is 2.30. The summed E-state index contributed by atoms with van der Waals surface area (Å²) < 4.78 is 55.5. The number of carbonyl (C=O) groups is 2. The van der Waals surface area contributed by atoms with Crippen molar-refractivity contribution in [1.29, 1.82) is 0 Å². The van der Waals surface area contributed by atoms with Crippen LogP contribution in [0, 0.1) is 5.82 Å². The minimum Gasteiger partial charge on any atom is -0.452 e. The molecule has 4 nitrogen and oxygen atoms in total. The monoisotopic (exact) mass is 401 g/mol. The van der Waals surface area contributed by atoms with Gasteiger partial charge in [-0.25, -0.2) is 9.18 Å². The van der Waals surface area contributed by atoms with Gasteiger partial charge in [0.05, 0.1) is 10.6 Å². The summed E-state index contributed by atoms with van der Waals surface area (Å²) >= 11 is 5.57. The maximum atomic E-state index is 13.0. The number of nitrogens with one attached hydrogen (secondary N) is 1. The first-order valence-corrected chi connectivity index (χ1v) is 7.80. The highest BCUT2D eigenvalue weighted by Crippen LogP contribution is 2.29. The molecule has 0 aromatic heterocycles. The lowest BCUT2D eigenvalue weighted by Crippen LogP contribution is -2.20. The molecule has 1 N–H and O–H groups in total. The first-order chi connectivity index (χ1) is 12.6. The van der Waals surface area contributed by atoms with Crippen LogP contribution < -0.4 is 5.32 Å². The number of ether oxygens (including phenoxy) is 1. The molecule has 9 heteroatoms. The number of hydrogen-bond acceptors (Lipinski definition) is 3. The normalized spacial score (nSPS) is 11.4. The van der Waals surface area contributed by atoms with Crippen LogP contribution in [0.4, 0.5) is 23.2 Å². The first-order valence-electron chi connectivity index (χ1n) is 7.42. The van der Waals surface area contributed by atoms with Gasteiger partial charge in [-0.05, 0) is 42.0 Å². The fourth-order valence-electron chi connectivity index (χ4n) is 1.94. The molecule has 0 aliphatic carbocycles. The third-order valence-electron chi connectivity index (χ3n) is 3.17. The average molecular weight is 402 g/mol. The van der Waals surface area contributed by atoms with Crippen LogP contribution in [0.5, 0.6) is 0 Å². The lowest BCUT2D eigenvalue weighted by atomic mass is 10.1. The lowest BCUT2D eigenvalue weighted by molar-refractivity contribution is -0.142. The molecule has 2 rings (SSSR count). The molecule has 142 valence electrons. The van der Waals surface area contributed by atoms with Crippen molar-refractivity contribution in [3.63, 3.8) is 0 Å². The van der Waals surface area contributed by atoms with Gasteiger partial charge in [-0.2, -0.15) is 13.2 Å². The predicted molar refractivity (Wildman–Crippen MR) is 91.5 cm³/mol. The Labute approximate surface area is 156 Å². The van der Waals surface area contributed by atoms with Crippen molar-refractivity contribution in [1.82, 2.24) is 0 Å². The summed E-state index contributed by atoms with van der Waals surface area (Å²) in [7, 11) is 0. The third kappa shape index (κ3) is 6.41. The van der Waals surface area contributed by atoms with Gasteiger partial charge in [0.1, 0.15) is 5.82 Å². The van der Waals surface area contributed by atoms with Gasteiger partial charge >= 0.3 is 12.1 Å². The van der Waals surface area contributed by atoms with E-state index in [1.807, 2.05) is 0 Å². The van der Waals surface area contributed by atoms with Crippen LogP contribution in [0.3, 0.4) is 0 Å². The van der Waals surface area contributed by atoms with E-state index in [0.29, 0.717) is 0 Å². The number of anilines is 1. The molecule has 0 heterocycles. The van der Waals surface area contributed by atoms with E-state index in [4.69, 9.17) is 11.6 Å². The van der Waals surface area contributed by atoms with Gasteiger partial charge in [-0.15, -0.1) is 0 Å². The molecule has 0 aliphatic rings. The summed E-state index contributed by atoms with van der Waals surface area (Å²) in [5, 5.41) is 2.16. The Morgan fingerprint density at radius 1 is 1.15 bits per heavy atom. The van der Waals surface area contributed by atoms with E-state index in [9.17, 15) is 27.2 Å². The van der Waals surface area contributed by atoms with Crippen LogP contribution in [0.15, 0.2) is 48.5 Å². The van der Waals surface area contributed by atoms with Crippen LogP contribution in [0.1, 0.15) is 11.1 Å². The van der Waals surface area contributed by atoms with E-state index >= 15 is 0 Å². The van der Waals surface area contributed by atoms with Crippen LogP contribution in [0.25, 0.3) is 6.08 Å². The molecule has 0 bridgehead atoms. The lowest BCUT2D eigenvalue weighted by Gasteiger charge is -2.07. The first kappa shape index (κ1) is 20.4. The molecule has 2 aromatic carbocycles. The van der Waals surface area contributed by atoms with E-state index in [0.717, 1.165) is 30.4 Å². The molecule has 0 saturated heterocycles. The number of esters is 1. The Hall–Kier alpha value is -2.87. The Balaban J connectivity index is 1.87. The fourth-order valence-corrected chi connectivity index (χ4v) is 2.12. The van der Waals surface area contributed by atoms with Crippen molar-refractivity contribution < 1.29 is 31.9 Å². The van der Waals surface area contributed by atoms with Gasteiger partial charge in [0.25, 0.3) is 5.91 Å². The number of carbonyl (C=O) groups excluding carboxylic acids is 2. The molecule has 0 atom stereocenters. The highest BCUT2D eigenvalue weighted by molar-refractivity contribution is 6.31. The van der Waals surface area contributed by atoms with E-state index < -0.39 is 36.0 Å². The zero-order valence-corrected chi connectivity index (χ0v) is 14.3. The topological polar surface area (TPSA) is 55.4 Å². The highest BCUT2D eigenvalue weighted by atomic mass is 35.5. The minimum atomic E-state index is -4.49. The van der Waals surface area contributed by atoms with Crippen LogP contribution in [0.2, 0.25) is 5.02 Å². The number of benzene rings is 2. The number of halogens is 5. The molecule has 2 aromatic rings. The third-order valence-corrected chi connectivity index (χ3v) is 3.46. The Morgan fingerprint density at radius 2 is 1.89 bits per heavy atom. The predicted octanol–water partition coefficient (Wildman–Crippen LogP) is 4.69. The number of rotatable bonds is 5. The van der Waals surface area contributed by atoms with Crippen molar-refractivity contribution in [2.45, 2.75) is 6.18 Å². The summed E-state index contributed by atoms with van der Waals surface area (Å²) in [6.45, 7) is -0.638. The summed E-state index contributed by atoms with van der Waals surface area (Å²) in [4.78, 5) is 23.2. The maximum Gasteiger partial charge on any atom is 0.416 e. The Bertz CT molecular complexity index is 881. The van der Waals surface area contributed by atoms with E-state index in [2.05, 4.69) is 10.1 Å². The van der Waals surface area contributed by atoms with Gasteiger partial charge in [0.2, 0.25) is 0 Å². The zero-order valence-electron chi connectivity index (χ0n) is 13.5. The quantitative estimate of drug-likeness (QED) is 0.449. The molecular formula is C18H12ClF4NO3. The fraction of sp³-hybridized carbons (Fsp3) is 0.111. The van der Waals surface area contributed by atoms with E-state index in [-0.39, 0.29) is 16.3 Å². The van der Waals surface area contributed by atoms with Gasteiger partial charge in [0, 0.05) is 11.8 Å². The zero-order chi connectivity index (χ0) is 20.0. The van der Waals surface area contributed by atoms with Gasteiger partial charge in [0.15, 0.2) is 6.61 Å². The van der Waals surface area contributed by atoms with Crippen LogP contribution in [-0.2, 0) is 20.5 Å². The average Bonchev–Trinajstić information content (AvgIpc) is 2.61. The second-order valence-electron chi connectivity index (χ2n) is 5.24. The molecular weight excluding hydrogens is 390 g/mol.